The first-order valence-corrected chi connectivity index (χ1v) is 6.34. The van der Waals surface area contributed by atoms with Crippen LogP contribution in [0.5, 0.6) is 0 Å². The van der Waals surface area contributed by atoms with Gasteiger partial charge in [-0.25, -0.2) is 4.79 Å². The summed E-state index contributed by atoms with van der Waals surface area (Å²) in [6, 6.07) is 13.3. The minimum atomic E-state index is -0.543. The van der Waals surface area contributed by atoms with Crippen LogP contribution in [0.2, 0.25) is 0 Å². The van der Waals surface area contributed by atoms with Gasteiger partial charge in [-0.1, -0.05) is 42.5 Å². The van der Waals surface area contributed by atoms with Crippen molar-refractivity contribution in [3.8, 4) is 0 Å². The quantitative estimate of drug-likeness (QED) is 0.846. The van der Waals surface area contributed by atoms with Gasteiger partial charge < -0.3 is 5.32 Å². The molecule has 2 aromatic rings. The molecule has 0 fully saturated rings. The minimum absolute atomic E-state index is 0.234. The molecule has 0 atom stereocenters. The van der Waals surface area contributed by atoms with Crippen LogP contribution in [0, 0.1) is 0 Å². The molecule has 98 valence electrons. The molecule has 3 amide bonds. The van der Waals surface area contributed by atoms with Crippen LogP contribution in [-0.2, 0) is 11.3 Å². The Labute approximate surface area is 115 Å². The van der Waals surface area contributed by atoms with E-state index in [4.69, 9.17) is 11.6 Å². The van der Waals surface area contributed by atoms with Gasteiger partial charge in [0.1, 0.15) is 5.88 Å². The van der Waals surface area contributed by atoms with E-state index in [1.807, 2.05) is 42.5 Å². The number of fused-ring (bicyclic) bond motifs is 1. The van der Waals surface area contributed by atoms with Crippen LogP contribution in [0.3, 0.4) is 0 Å². The summed E-state index contributed by atoms with van der Waals surface area (Å²) >= 11 is 5.30. The number of alkyl halides is 1. The number of imide groups is 1. The normalized spacial score (nSPS) is 10.2. The summed E-state index contributed by atoms with van der Waals surface area (Å²) in [4.78, 5) is 22.4. The average Bonchev–Trinajstić information content (AvgIpc) is 2.44. The first-order valence-electron chi connectivity index (χ1n) is 5.81. The van der Waals surface area contributed by atoms with Crippen molar-refractivity contribution in [1.29, 1.82) is 0 Å². The fourth-order valence-electron chi connectivity index (χ4n) is 1.83. The lowest BCUT2D eigenvalue weighted by Crippen LogP contribution is -2.39. The van der Waals surface area contributed by atoms with Gasteiger partial charge in [-0.3, -0.25) is 10.1 Å². The lowest BCUT2D eigenvalue weighted by molar-refractivity contribution is -0.117. The first-order chi connectivity index (χ1) is 9.20. The summed E-state index contributed by atoms with van der Waals surface area (Å²) in [5.74, 6) is -0.751. The number of hydrogen-bond acceptors (Lipinski definition) is 2. The van der Waals surface area contributed by atoms with Crippen LogP contribution < -0.4 is 10.6 Å². The van der Waals surface area contributed by atoms with Crippen LogP contribution in [0.1, 0.15) is 5.56 Å². The molecule has 0 saturated carbocycles. The summed E-state index contributed by atoms with van der Waals surface area (Å²) in [6.07, 6.45) is 0. The molecule has 0 bridgehead atoms. The van der Waals surface area contributed by atoms with Crippen LogP contribution in [0.25, 0.3) is 10.8 Å². The van der Waals surface area contributed by atoms with Gasteiger partial charge in [-0.15, -0.1) is 11.6 Å². The van der Waals surface area contributed by atoms with Gasteiger partial charge in [0.15, 0.2) is 0 Å². The number of rotatable bonds is 3. The van der Waals surface area contributed by atoms with Gasteiger partial charge in [0.05, 0.1) is 0 Å². The zero-order valence-electron chi connectivity index (χ0n) is 10.2. The molecule has 5 heteroatoms. The molecule has 0 aliphatic rings. The predicted octanol–water partition coefficient (Wildman–Crippen LogP) is 2.40. The number of carbonyl (C=O) groups excluding carboxylic acids is 2. The Hall–Kier alpha value is -2.07. The van der Waals surface area contributed by atoms with E-state index in [9.17, 15) is 9.59 Å². The van der Waals surface area contributed by atoms with Crippen LogP contribution >= 0.6 is 11.6 Å². The molecule has 0 heterocycles. The van der Waals surface area contributed by atoms with Crippen molar-refractivity contribution in [2.24, 2.45) is 0 Å². The van der Waals surface area contributed by atoms with Gasteiger partial charge in [0.2, 0.25) is 5.91 Å². The summed E-state index contributed by atoms with van der Waals surface area (Å²) in [5, 5.41) is 6.94. The van der Waals surface area contributed by atoms with E-state index in [0.717, 1.165) is 16.3 Å². The Balaban J connectivity index is 2.06. The van der Waals surface area contributed by atoms with Gasteiger partial charge >= 0.3 is 6.03 Å². The average molecular weight is 277 g/mol. The third-order valence-electron chi connectivity index (χ3n) is 2.69. The van der Waals surface area contributed by atoms with E-state index in [2.05, 4.69) is 10.6 Å². The van der Waals surface area contributed by atoms with Crippen molar-refractivity contribution in [3.63, 3.8) is 0 Å². The Morgan fingerprint density at radius 3 is 2.58 bits per heavy atom. The Morgan fingerprint density at radius 1 is 1.05 bits per heavy atom. The maximum absolute atomic E-state index is 11.4. The second kappa shape index (κ2) is 6.20. The summed E-state index contributed by atoms with van der Waals surface area (Å²) in [6.45, 7) is 0.350. The Kier molecular flexibility index (Phi) is 4.36. The van der Waals surface area contributed by atoms with Crippen LogP contribution in [0.4, 0.5) is 4.79 Å². The third-order valence-corrected chi connectivity index (χ3v) is 2.94. The number of urea groups is 1. The highest BCUT2D eigenvalue weighted by Crippen LogP contribution is 2.17. The van der Waals surface area contributed by atoms with Gasteiger partial charge in [-0.05, 0) is 16.3 Å². The molecule has 4 nitrogen and oxygen atoms in total. The minimum Gasteiger partial charge on any atom is -0.334 e. The van der Waals surface area contributed by atoms with Crippen LogP contribution in [0.15, 0.2) is 42.5 Å². The number of halogens is 1. The number of amides is 3. The second-order valence-corrected chi connectivity index (χ2v) is 4.27. The van der Waals surface area contributed by atoms with E-state index < -0.39 is 11.9 Å². The lowest BCUT2D eigenvalue weighted by atomic mass is 10.0. The highest BCUT2D eigenvalue weighted by molar-refractivity contribution is 6.28. The van der Waals surface area contributed by atoms with Gasteiger partial charge in [0.25, 0.3) is 0 Å². The van der Waals surface area contributed by atoms with Crippen molar-refractivity contribution in [2.45, 2.75) is 6.54 Å². The van der Waals surface area contributed by atoms with E-state index in [1.165, 1.54) is 0 Å². The summed E-state index contributed by atoms with van der Waals surface area (Å²) in [5.41, 5.74) is 0.992. The van der Waals surface area contributed by atoms with Crippen molar-refractivity contribution in [3.05, 3.63) is 48.0 Å². The zero-order chi connectivity index (χ0) is 13.7. The highest BCUT2D eigenvalue weighted by atomic mass is 35.5. The first kappa shape index (κ1) is 13.4. The summed E-state index contributed by atoms with van der Waals surface area (Å²) in [7, 11) is 0. The third kappa shape index (κ3) is 3.45. The molecule has 2 rings (SSSR count). The number of nitrogens with one attached hydrogen (secondary N) is 2. The molecule has 0 radical (unpaired) electrons. The molecule has 0 aliphatic heterocycles. The van der Waals surface area contributed by atoms with Crippen molar-refractivity contribution >= 4 is 34.3 Å². The number of benzene rings is 2. The van der Waals surface area contributed by atoms with Crippen molar-refractivity contribution in [2.75, 3.05) is 5.88 Å². The lowest BCUT2D eigenvalue weighted by Gasteiger charge is -2.08. The fourth-order valence-corrected chi connectivity index (χ4v) is 1.89. The maximum Gasteiger partial charge on any atom is 0.321 e. The van der Waals surface area contributed by atoms with E-state index >= 15 is 0 Å². The standard InChI is InChI=1S/C14H13ClN2O2/c15-8-13(18)17-14(19)16-9-11-6-3-5-10-4-1-2-7-12(10)11/h1-7H,8-9H2,(H2,16,17,18,19). The molecular formula is C14H13ClN2O2. The highest BCUT2D eigenvalue weighted by Gasteiger charge is 2.06. The molecular weight excluding hydrogens is 264 g/mol. The van der Waals surface area contributed by atoms with E-state index in [-0.39, 0.29) is 5.88 Å². The molecule has 0 aromatic heterocycles. The Morgan fingerprint density at radius 2 is 1.79 bits per heavy atom. The van der Waals surface area contributed by atoms with E-state index in [1.54, 1.807) is 0 Å². The number of hydrogen-bond donors (Lipinski definition) is 2. The maximum atomic E-state index is 11.4. The molecule has 0 spiro atoms. The Bertz CT molecular complexity index is 608. The fraction of sp³-hybridized carbons (Fsp3) is 0.143. The molecule has 2 aromatic carbocycles. The van der Waals surface area contributed by atoms with Crippen molar-refractivity contribution in [1.82, 2.24) is 10.6 Å². The number of carbonyl (C=O) groups is 2. The smallest absolute Gasteiger partial charge is 0.321 e. The summed E-state index contributed by atoms with van der Waals surface area (Å²) < 4.78 is 0. The molecule has 0 saturated heterocycles. The van der Waals surface area contributed by atoms with Crippen molar-refractivity contribution < 1.29 is 9.59 Å². The van der Waals surface area contributed by atoms with Crippen LogP contribution in [-0.4, -0.2) is 17.8 Å². The largest absolute Gasteiger partial charge is 0.334 e. The van der Waals surface area contributed by atoms with Gasteiger partial charge in [0, 0.05) is 6.54 Å². The van der Waals surface area contributed by atoms with E-state index in [0.29, 0.717) is 6.54 Å². The zero-order valence-corrected chi connectivity index (χ0v) is 10.9. The van der Waals surface area contributed by atoms with Gasteiger partial charge in [-0.2, -0.15) is 0 Å². The topological polar surface area (TPSA) is 58.2 Å². The SMILES string of the molecule is O=C(CCl)NC(=O)NCc1cccc2ccccc12. The second-order valence-electron chi connectivity index (χ2n) is 4.00. The molecule has 2 N–H and O–H groups in total. The molecule has 0 aliphatic carbocycles. The molecule has 19 heavy (non-hydrogen) atoms. The molecule has 0 unspecified atom stereocenters. The monoisotopic (exact) mass is 276 g/mol. The predicted molar refractivity (Wildman–Crippen MR) is 75.0 cm³/mol.